The van der Waals surface area contributed by atoms with Crippen LogP contribution >= 0.6 is 11.8 Å². The van der Waals surface area contributed by atoms with Gasteiger partial charge in [-0.3, -0.25) is 0 Å². The van der Waals surface area contributed by atoms with Crippen LogP contribution in [0.1, 0.15) is 18.0 Å². The van der Waals surface area contributed by atoms with Crippen LogP contribution in [0.15, 0.2) is 60.9 Å². The van der Waals surface area contributed by atoms with Crippen molar-refractivity contribution in [3.63, 3.8) is 0 Å². The average molecular weight is 331 g/mol. The molecule has 0 radical (unpaired) electrons. The highest BCUT2D eigenvalue weighted by Crippen LogP contribution is 2.38. The van der Waals surface area contributed by atoms with Gasteiger partial charge >= 0.3 is 0 Å². The molecule has 1 atom stereocenters. The summed E-state index contributed by atoms with van der Waals surface area (Å²) in [5.74, 6) is 2.29. The summed E-state index contributed by atoms with van der Waals surface area (Å²) in [4.78, 5) is 4.73. The first-order valence-corrected chi connectivity index (χ1v) is 9.23. The van der Waals surface area contributed by atoms with E-state index in [9.17, 15) is 5.26 Å². The van der Waals surface area contributed by atoms with Gasteiger partial charge in [0.25, 0.3) is 0 Å². The molecule has 1 aliphatic heterocycles. The largest absolute Gasteiger partial charge is 0.326 e. The van der Waals surface area contributed by atoms with Crippen LogP contribution in [0.5, 0.6) is 0 Å². The molecular formula is C20H17N3S. The van der Waals surface area contributed by atoms with Crippen molar-refractivity contribution in [2.45, 2.75) is 12.5 Å². The van der Waals surface area contributed by atoms with Crippen molar-refractivity contribution in [1.82, 2.24) is 9.55 Å². The van der Waals surface area contributed by atoms with Crippen LogP contribution < -0.4 is 0 Å². The number of thioether (sulfide) groups is 1. The lowest BCUT2D eigenvalue weighted by molar-refractivity contribution is 0.565. The topological polar surface area (TPSA) is 41.6 Å². The number of hydrogen-bond donors (Lipinski definition) is 0. The summed E-state index contributed by atoms with van der Waals surface area (Å²) < 4.78 is 2.28. The van der Waals surface area contributed by atoms with Crippen LogP contribution in [0.2, 0.25) is 0 Å². The fraction of sp³-hybridized carbons (Fsp3) is 0.200. The lowest BCUT2D eigenvalue weighted by Gasteiger charge is -2.16. The highest BCUT2D eigenvalue weighted by molar-refractivity contribution is 7.99. The number of benzene rings is 2. The smallest absolute Gasteiger partial charge is 0.0998 e. The highest BCUT2D eigenvalue weighted by Gasteiger charge is 2.24. The lowest BCUT2D eigenvalue weighted by Crippen LogP contribution is -2.08. The van der Waals surface area contributed by atoms with E-state index in [2.05, 4.69) is 22.8 Å². The Morgan fingerprint density at radius 2 is 1.88 bits per heavy atom. The molecule has 0 spiro atoms. The molecule has 0 N–H and O–H groups in total. The van der Waals surface area contributed by atoms with Crippen LogP contribution in [0, 0.1) is 11.3 Å². The molecule has 118 valence electrons. The van der Waals surface area contributed by atoms with Crippen molar-refractivity contribution in [3.8, 4) is 28.6 Å². The molecule has 0 amide bonds. The van der Waals surface area contributed by atoms with E-state index in [0.717, 1.165) is 34.7 Å². The first kappa shape index (κ1) is 15.0. The number of rotatable bonds is 3. The van der Waals surface area contributed by atoms with E-state index < -0.39 is 0 Å². The quantitative estimate of drug-likeness (QED) is 0.694. The van der Waals surface area contributed by atoms with Gasteiger partial charge in [-0.25, -0.2) is 4.98 Å². The Morgan fingerprint density at radius 1 is 1.08 bits per heavy atom. The molecule has 4 rings (SSSR count). The molecular weight excluding hydrogens is 314 g/mol. The third-order valence-corrected chi connectivity index (χ3v) is 5.59. The van der Waals surface area contributed by atoms with Crippen molar-refractivity contribution in [1.29, 1.82) is 5.26 Å². The fourth-order valence-electron chi connectivity index (χ4n) is 3.24. The predicted octanol–water partition coefficient (Wildman–Crippen LogP) is 4.77. The van der Waals surface area contributed by atoms with Gasteiger partial charge in [0.15, 0.2) is 0 Å². The van der Waals surface area contributed by atoms with E-state index in [1.165, 1.54) is 5.75 Å². The number of imidazole rings is 1. The molecule has 0 bridgehead atoms. The van der Waals surface area contributed by atoms with Gasteiger partial charge in [-0.05, 0) is 18.2 Å². The standard InChI is InChI=1S/C20H17N3S/c21-12-16-8-4-5-9-18(16)20-19(15-6-2-1-3-7-15)22-14-23(20)17-10-11-24-13-17/h1-9,14,17H,10-11,13H2/t17-/m0/s1. The number of hydrogen-bond acceptors (Lipinski definition) is 3. The summed E-state index contributed by atoms with van der Waals surface area (Å²) in [5.41, 5.74) is 4.76. The summed E-state index contributed by atoms with van der Waals surface area (Å²) >= 11 is 1.98. The molecule has 3 aromatic rings. The van der Waals surface area contributed by atoms with Gasteiger partial charge in [0.1, 0.15) is 0 Å². The summed E-state index contributed by atoms with van der Waals surface area (Å²) in [6, 6.07) is 20.8. The summed E-state index contributed by atoms with van der Waals surface area (Å²) in [5, 5.41) is 9.55. The van der Waals surface area contributed by atoms with E-state index in [1.54, 1.807) is 0 Å². The van der Waals surface area contributed by atoms with E-state index in [0.29, 0.717) is 11.6 Å². The molecule has 3 nitrogen and oxygen atoms in total. The Kier molecular flexibility index (Phi) is 4.10. The van der Waals surface area contributed by atoms with Crippen LogP contribution in [-0.4, -0.2) is 21.1 Å². The minimum atomic E-state index is 0.446. The molecule has 24 heavy (non-hydrogen) atoms. The second-order valence-electron chi connectivity index (χ2n) is 5.89. The lowest BCUT2D eigenvalue weighted by atomic mass is 10.00. The second-order valence-corrected chi connectivity index (χ2v) is 7.04. The van der Waals surface area contributed by atoms with Gasteiger partial charge in [-0.2, -0.15) is 17.0 Å². The van der Waals surface area contributed by atoms with E-state index in [-0.39, 0.29) is 0 Å². The monoisotopic (exact) mass is 331 g/mol. The maximum atomic E-state index is 9.55. The zero-order valence-corrected chi connectivity index (χ0v) is 14.0. The Bertz CT molecular complexity index is 887. The Hall–Kier alpha value is -2.51. The SMILES string of the molecule is N#Cc1ccccc1-c1c(-c2ccccc2)ncn1[C@H]1CCSC1. The third kappa shape index (κ3) is 2.61. The van der Waals surface area contributed by atoms with Gasteiger partial charge in [0.05, 0.1) is 29.3 Å². The van der Waals surface area contributed by atoms with Crippen molar-refractivity contribution in [2.24, 2.45) is 0 Å². The van der Waals surface area contributed by atoms with Crippen molar-refractivity contribution in [3.05, 3.63) is 66.5 Å². The highest BCUT2D eigenvalue weighted by atomic mass is 32.2. The molecule has 1 aromatic heterocycles. The first-order valence-electron chi connectivity index (χ1n) is 8.08. The maximum Gasteiger partial charge on any atom is 0.0998 e. The second kappa shape index (κ2) is 6.54. The van der Waals surface area contributed by atoms with Gasteiger partial charge in [-0.15, -0.1) is 0 Å². The van der Waals surface area contributed by atoms with E-state index in [1.807, 2.05) is 60.6 Å². The molecule has 1 aliphatic rings. The van der Waals surface area contributed by atoms with Crippen molar-refractivity contribution < 1.29 is 0 Å². The Labute approximate surface area is 146 Å². The Balaban J connectivity index is 1.95. The van der Waals surface area contributed by atoms with Gasteiger partial charge in [0, 0.05) is 22.9 Å². The summed E-state index contributed by atoms with van der Waals surface area (Å²) in [6.45, 7) is 0. The minimum absolute atomic E-state index is 0.446. The summed E-state index contributed by atoms with van der Waals surface area (Å²) in [7, 11) is 0. The zero-order valence-electron chi connectivity index (χ0n) is 13.2. The average Bonchev–Trinajstić information content (AvgIpc) is 3.31. The van der Waals surface area contributed by atoms with Gasteiger partial charge in [0.2, 0.25) is 0 Å². The number of nitrogens with zero attached hydrogens (tertiary/aromatic N) is 3. The number of nitriles is 1. The van der Waals surface area contributed by atoms with E-state index in [4.69, 9.17) is 4.98 Å². The first-order chi connectivity index (χ1) is 11.9. The fourth-order valence-corrected chi connectivity index (χ4v) is 4.45. The van der Waals surface area contributed by atoms with Crippen LogP contribution in [-0.2, 0) is 0 Å². The summed E-state index contributed by atoms with van der Waals surface area (Å²) in [6.07, 6.45) is 3.10. The molecule has 1 saturated heterocycles. The van der Waals surface area contributed by atoms with Crippen LogP contribution in [0.25, 0.3) is 22.5 Å². The van der Waals surface area contributed by atoms with Crippen molar-refractivity contribution in [2.75, 3.05) is 11.5 Å². The van der Waals surface area contributed by atoms with Crippen LogP contribution in [0.3, 0.4) is 0 Å². The molecule has 4 heteroatoms. The minimum Gasteiger partial charge on any atom is -0.326 e. The molecule has 0 aliphatic carbocycles. The van der Waals surface area contributed by atoms with Gasteiger partial charge in [-0.1, -0.05) is 48.5 Å². The predicted molar refractivity (Wildman–Crippen MR) is 98.8 cm³/mol. The number of aromatic nitrogens is 2. The van der Waals surface area contributed by atoms with Crippen molar-refractivity contribution >= 4 is 11.8 Å². The third-order valence-electron chi connectivity index (χ3n) is 4.44. The molecule has 2 heterocycles. The molecule has 0 unspecified atom stereocenters. The normalized spacial score (nSPS) is 16.9. The Morgan fingerprint density at radius 3 is 2.62 bits per heavy atom. The zero-order chi connectivity index (χ0) is 16.4. The molecule has 1 fully saturated rings. The van der Waals surface area contributed by atoms with Gasteiger partial charge < -0.3 is 4.57 Å². The molecule has 2 aromatic carbocycles. The van der Waals surface area contributed by atoms with E-state index >= 15 is 0 Å². The van der Waals surface area contributed by atoms with Crippen LogP contribution in [0.4, 0.5) is 0 Å². The molecule has 0 saturated carbocycles. The maximum absolute atomic E-state index is 9.55.